The van der Waals surface area contributed by atoms with Crippen LogP contribution in [0.5, 0.6) is 0 Å². The van der Waals surface area contributed by atoms with Gasteiger partial charge in [0.25, 0.3) is 0 Å². The minimum Gasteiger partial charge on any atom is -0.381 e. The SMILES string of the molecule is CCCCN(CCCC)C1(CN)CCCOCC1. The van der Waals surface area contributed by atoms with Crippen molar-refractivity contribution in [1.82, 2.24) is 4.90 Å². The van der Waals surface area contributed by atoms with Gasteiger partial charge in [0, 0.05) is 25.3 Å². The second kappa shape index (κ2) is 8.89. The van der Waals surface area contributed by atoms with E-state index in [1.807, 2.05) is 0 Å². The van der Waals surface area contributed by atoms with Crippen molar-refractivity contribution in [1.29, 1.82) is 0 Å². The van der Waals surface area contributed by atoms with Crippen molar-refractivity contribution in [2.75, 3.05) is 32.8 Å². The number of hydrogen-bond donors (Lipinski definition) is 1. The van der Waals surface area contributed by atoms with Crippen molar-refractivity contribution < 1.29 is 4.74 Å². The molecule has 1 heterocycles. The zero-order valence-electron chi connectivity index (χ0n) is 12.4. The van der Waals surface area contributed by atoms with Crippen molar-refractivity contribution in [2.24, 2.45) is 5.73 Å². The maximum atomic E-state index is 6.15. The predicted molar refractivity (Wildman–Crippen MR) is 77.8 cm³/mol. The van der Waals surface area contributed by atoms with Crippen molar-refractivity contribution >= 4 is 0 Å². The Morgan fingerprint density at radius 2 is 1.72 bits per heavy atom. The molecule has 0 aromatic carbocycles. The normalized spacial score (nSPS) is 25.3. The van der Waals surface area contributed by atoms with Crippen LogP contribution in [0.2, 0.25) is 0 Å². The summed E-state index contributed by atoms with van der Waals surface area (Å²) in [4.78, 5) is 2.68. The molecule has 0 bridgehead atoms. The van der Waals surface area contributed by atoms with Crippen LogP contribution in [-0.2, 0) is 4.74 Å². The standard InChI is InChI=1S/C15H32N2O/c1-3-5-10-17(11-6-4-2)15(14-16)8-7-12-18-13-9-15/h3-14,16H2,1-2H3. The minimum absolute atomic E-state index is 0.209. The lowest BCUT2D eigenvalue weighted by molar-refractivity contribution is 0.0641. The van der Waals surface area contributed by atoms with Gasteiger partial charge in [-0.05, 0) is 45.2 Å². The van der Waals surface area contributed by atoms with E-state index in [1.54, 1.807) is 0 Å². The molecule has 1 atom stereocenters. The summed E-state index contributed by atoms with van der Waals surface area (Å²) < 4.78 is 5.63. The molecule has 0 aliphatic carbocycles. The Morgan fingerprint density at radius 1 is 1.06 bits per heavy atom. The first-order valence-corrected chi connectivity index (χ1v) is 7.82. The van der Waals surface area contributed by atoms with Crippen LogP contribution in [-0.4, -0.2) is 43.3 Å². The van der Waals surface area contributed by atoms with Gasteiger partial charge in [-0.25, -0.2) is 0 Å². The van der Waals surface area contributed by atoms with E-state index in [-0.39, 0.29) is 5.54 Å². The van der Waals surface area contributed by atoms with Gasteiger partial charge in [-0.2, -0.15) is 0 Å². The maximum Gasteiger partial charge on any atom is 0.0484 e. The Balaban J connectivity index is 2.68. The monoisotopic (exact) mass is 256 g/mol. The van der Waals surface area contributed by atoms with E-state index in [0.29, 0.717) is 0 Å². The summed E-state index contributed by atoms with van der Waals surface area (Å²) >= 11 is 0. The zero-order chi connectivity index (χ0) is 13.3. The average molecular weight is 256 g/mol. The van der Waals surface area contributed by atoms with Crippen molar-refractivity contribution in [3.8, 4) is 0 Å². The van der Waals surface area contributed by atoms with Crippen LogP contribution < -0.4 is 5.73 Å². The molecule has 0 spiro atoms. The number of ether oxygens (including phenoxy) is 1. The van der Waals surface area contributed by atoms with Crippen LogP contribution in [0.3, 0.4) is 0 Å². The lowest BCUT2D eigenvalue weighted by Gasteiger charge is -2.43. The number of nitrogens with zero attached hydrogens (tertiary/aromatic N) is 1. The molecule has 1 aliphatic heterocycles. The van der Waals surface area contributed by atoms with E-state index >= 15 is 0 Å². The molecule has 1 rings (SSSR count). The van der Waals surface area contributed by atoms with E-state index in [2.05, 4.69) is 18.7 Å². The fourth-order valence-electron chi connectivity index (χ4n) is 2.93. The second-order valence-electron chi connectivity index (χ2n) is 5.59. The van der Waals surface area contributed by atoms with E-state index < -0.39 is 0 Å². The van der Waals surface area contributed by atoms with E-state index in [4.69, 9.17) is 10.5 Å². The second-order valence-corrected chi connectivity index (χ2v) is 5.59. The first-order valence-electron chi connectivity index (χ1n) is 7.82. The van der Waals surface area contributed by atoms with Crippen molar-refractivity contribution in [2.45, 2.75) is 64.3 Å². The maximum absolute atomic E-state index is 6.15. The summed E-state index contributed by atoms with van der Waals surface area (Å²) in [5, 5.41) is 0. The summed E-state index contributed by atoms with van der Waals surface area (Å²) in [6.07, 6.45) is 8.57. The molecule has 0 aromatic heterocycles. The first kappa shape index (κ1) is 15.9. The highest BCUT2D eigenvalue weighted by Crippen LogP contribution is 2.28. The average Bonchev–Trinajstić information content (AvgIpc) is 2.65. The van der Waals surface area contributed by atoms with Gasteiger partial charge in [-0.15, -0.1) is 0 Å². The third-order valence-electron chi connectivity index (χ3n) is 4.26. The van der Waals surface area contributed by atoms with Gasteiger partial charge in [0.05, 0.1) is 0 Å². The minimum atomic E-state index is 0.209. The third kappa shape index (κ3) is 4.52. The quantitative estimate of drug-likeness (QED) is 0.726. The Hall–Kier alpha value is -0.120. The van der Waals surface area contributed by atoms with Crippen molar-refractivity contribution in [3.63, 3.8) is 0 Å². The van der Waals surface area contributed by atoms with E-state index in [9.17, 15) is 0 Å². The van der Waals surface area contributed by atoms with Crippen LogP contribution in [0.1, 0.15) is 58.8 Å². The Labute approximate surface area is 113 Å². The smallest absolute Gasteiger partial charge is 0.0484 e. The van der Waals surface area contributed by atoms with Crippen molar-refractivity contribution in [3.05, 3.63) is 0 Å². The summed E-state index contributed by atoms with van der Waals surface area (Å²) in [5.41, 5.74) is 6.36. The highest BCUT2D eigenvalue weighted by atomic mass is 16.5. The lowest BCUT2D eigenvalue weighted by atomic mass is 9.87. The largest absolute Gasteiger partial charge is 0.381 e. The fourth-order valence-corrected chi connectivity index (χ4v) is 2.93. The molecule has 1 saturated heterocycles. The molecule has 2 N–H and O–H groups in total. The van der Waals surface area contributed by atoms with Crippen LogP contribution in [0.25, 0.3) is 0 Å². The number of nitrogens with two attached hydrogens (primary N) is 1. The fraction of sp³-hybridized carbons (Fsp3) is 1.00. The third-order valence-corrected chi connectivity index (χ3v) is 4.26. The number of unbranched alkanes of at least 4 members (excludes halogenated alkanes) is 2. The summed E-state index contributed by atoms with van der Waals surface area (Å²) in [5.74, 6) is 0. The molecule has 3 nitrogen and oxygen atoms in total. The van der Waals surface area contributed by atoms with Gasteiger partial charge < -0.3 is 10.5 Å². The molecule has 3 heteroatoms. The summed E-state index contributed by atoms with van der Waals surface area (Å²) in [6.45, 7) is 9.51. The Morgan fingerprint density at radius 3 is 2.28 bits per heavy atom. The van der Waals surface area contributed by atoms with Gasteiger partial charge in [0.2, 0.25) is 0 Å². The van der Waals surface area contributed by atoms with Crippen LogP contribution >= 0.6 is 0 Å². The molecule has 1 aliphatic rings. The Kier molecular flexibility index (Phi) is 7.87. The van der Waals surface area contributed by atoms with Gasteiger partial charge in [-0.3, -0.25) is 4.90 Å². The molecule has 0 aromatic rings. The summed E-state index contributed by atoms with van der Waals surface area (Å²) in [6, 6.07) is 0. The highest BCUT2D eigenvalue weighted by Gasteiger charge is 2.35. The van der Waals surface area contributed by atoms with Gasteiger partial charge in [0.1, 0.15) is 0 Å². The topological polar surface area (TPSA) is 38.5 Å². The van der Waals surface area contributed by atoms with E-state index in [1.165, 1.54) is 45.2 Å². The highest BCUT2D eigenvalue weighted by molar-refractivity contribution is 4.92. The number of hydrogen-bond acceptors (Lipinski definition) is 3. The molecular weight excluding hydrogens is 224 g/mol. The lowest BCUT2D eigenvalue weighted by Crippen LogP contribution is -2.54. The predicted octanol–water partition coefficient (Wildman–Crippen LogP) is 2.79. The number of rotatable bonds is 8. The molecule has 108 valence electrons. The van der Waals surface area contributed by atoms with Gasteiger partial charge in [0.15, 0.2) is 0 Å². The molecule has 1 fully saturated rings. The van der Waals surface area contributed by atoms with Gasteiger partial charge >= 0.3 is 0 Å². The molecular formula is C15H32N2O. The molecule has 0 radical (unpaired) electrons. The van der Waals surface area contributed by atoms with Gasteiger partial charge in [-0.1, -0.05) is 26.7 Å². The van der Waals surface area contributed by atoms with E-state index in [0.717, 1.165) is 32.6 Å². The molecule has 1 unspecified atom stereocenters. The molecule has 0 saturated carbocycles. The molecule has 0 amide bonds. The first-order chi connectivity index (χ1) is 8.79. The zero-order valence-corrected chi connectivity index (χ0v) is 12.4. The van der Waals surface area contributed by atoms with Crippen LogP contribution in [0, 0.1) is 0 Å². The summed E-state index contributed by atoms with van der Waals surface area (Å²) in [7, 11) is 0. The Bertz CT molecular complexity index is 193. The molecule has 18 heavy (non-hydrogen) atoms. The van der Waals surface area contributed by atoms with Crippen LogP contribution in [0.4, 0.5) is 0 Å². The van der Waals surface area contributed by atoms with Crippen LogP contribution in [0.15, 0.2) is 0 Å².